The Morgan fingerprint density at radius 2 is 1.81 bits per heavy atom. The van der Waals surface area contributed by atoms with E-state index in [1.165, 1.54) is 9.80 Å². The van der Waals surface area contributed by atoms with Crippen molar-refractivity contribution in [3.05, 3.63) is 52.4 Å². The summed E-state index contributed by atoms with van der Waals surface area (Å²) in [6.45, 7) is -0.807. The number of halogens is 6. The van der Waals surface area contributed by atoms with Gasteiger partial charge in [-0.3, -0.25) is 9.59 Å². The van der Waals surface area contributed by atoms with Crippen LogP contribution in [-0.2, 0) is 30.5 Å². The molecule has 2 aromatic rings. The van der Waals surface area contributed by atoms with E-state index in [0.29, 0.717) is 25.0 Å². The molecule has 0 saturated carbocycles. The summed E-state index contributed by atoms with van der Waals surface area (Å²) in [5.41, 5.74) is 5.20. The largest absolute Gasteiger partial charge is 0.449 e. The summed E-state index contributed by atoms with van der Waals surface area (Å²) in [6, 6.07) is -0.484. The van der Waals surface area contributed by atoms with Crippen LogP contribution in [0.15, 0.2) is 12.1 Å². The maximum absolute atomic E-state index is 13.9. The summed E-state index contributed by atoms with van der Waals surface area (Å²) in [7, 11) is 0. The lowest BCUT2D eigenvalue weighted by molar-refractivity contribution is -0.148. The van der Waals surface area contributed by atoms with Crippen molar-refractivity contribution in [3.63, 3.8) is 0 Å². The van der Waals surface area contributed by atoms with Crippen LogP contribution in [0, 0.1) is 17.5 Å². The number of nitrogens with two attached hydrogens (primary N) is 1. The fraction of sp³-hybridized carbons (Fsp3) is 0.522. The van der Waals surface area contributed by atoms with Gasteiger partial charge in [0, 0.05) is 38.2 Å². The summed E-state index contributed by atoms with van der Waals surface area (Å²) in [5.74, 6) is -6.21. The van der Waals surface area contributed by atoms with E-state index in [1.807, 2.05) is 0 Å². The number of aliphatic hydroxyl groups excluding tert-OH is 1. The first-order valence-corrected chi connectivity index (χ1v) is 11.7. The van der Waals surface area contributed by atoms with Crippen LogP contribution in [0.2, 0.25) is 0 Å². The Labute approximate surface area is 207 Å². The Kier molecular flexibility index (Phi) is 7.51. The van der Waals surface area contributed by atoms with Crippen LogP contribution in [-0.4, -0.2) is 68.1 Å². The molecule has 1 saturated heterocycles. The van der Waals surface area contributed by atoms with Crippen molar-refractivity contribution in [1.29, 1.82) is 0 Å². The first-order chi connectivity index (χ1) is 17.4. The summed E-state index contributed by atoms with van der Waals surface area (Å²) in [5, 5.41) is 9.53. The molecule has 1 aromatic heterocycles. The standard InChI is InChI=1S/C23H25F6N5O3/c24-15-9-17(26)16(25)7-12(15)6-13(30)8-19(36)32-4-5-34-18(10-32)20(31-22(34)23(27,28)29)21(37)33-3-1-2-14(33)11-35/h7,9,13-14,35H,1-6,8,10-11,30H2/t13?,14-/m0/s1. The highest BCUT2D eigenvalue weighted by molar-refractivity contribution is 5.94. The van der Waals surface area contributed by atoms with Crippen molar-refractivity contribution >= 4 is 11.8 Å². The molecular formula is C23H25F6N5O3. The van der Waals surface area contributed by atoms with E-state index in [4.69, 9.17) is 5.73 Å². The van der Waals surface area contributed by atoms with Gasteiger partial charge in [-0.2, -0.15) is 13.2 Å². The monoisotopic (exact) mass is 533 g/mol. The molecule has 8 nitrogen and oxygen atoms in total. The third kappa shape index (κ3) is 5.44. The second kappa shape index (κ2) is 10.3. The van der Waals surface area contributed by atoms with E-state index in [0.717, 1.165) is 4.57 Å². The summed E-state index contributed by atoms with van der Waals surface area (Å²) in [6.07, 6.45) is -4.37. The van der Waals surface area contributed by atoms with Crippen molar-refractivity contribution in [2.75, 3.05) is 19.7 Å². The molecule has 3 N–H and O–H groups in total. The quantitative estimate of drug-likeness (QED) is 0.438. The molecule has 1 fully saturated rings. The molecule has 37 heavy (non-hydrogen) atoms. The van der Waals surface area contributed by atoms with Gasteiger partial charge in [-0.05, 0) is 30.9 Å². The van der Waals surface area contributed by atoms with Crippen molar-refractivity contribution in [2.45, 2.75) is 57.0 Å². The predicted molar refractivity (Wildman–Crippen MR) is 116 cm³/mol. The molecule has 2 atom stereocenters. The molecule has 3 heterocycles. The Morgan fingerprint density at radius 1 is 1.11 bits per heavy atom. The maximum Gasteiger partial charge on any atom is 0.449 e. The SMILES string of the molecule is NC(CC(=O)N1CCn2c(C(F)(F)F)nc(C(=O)N3CCC[C@H]3CO)c2C1)Cc1cc(F)c(F)cc1F. The molecule has 0 radical (unpaired) electrons. The van der Waals surface area contributed by atoms with Gasteiger partial charge in [0.15, 0.2) is 17.3 Å². The van der Waals surface area contributed by atoms with Gasteiger partial charge in [-0.25, -0.2) is 18.2 Å². The van der Waals surface area contributed by atoms with Gasteiger partial charge >= 0.3 is 6.18 Å². The van der Waals surface area contributed by atoms with Crippen LogP contribution in [0.1, 0.15) is 46.8 Å². The number of carbonyl (C=O) groups is 2. The molecule has 2 amide bonds. The molecule has 4 rings (SSSR count). The van der Waals surface area contributed by atoms with Crippen LogP contribution < -0.4 is 5.73 Å². The predicted octanol–water partition coefficient (Wildman–Crippen LogP) is 2.22. The minimum atomic E-state index is -4.84. The second-order valence-electron chi connectivity index (χ2n) is 9.20. The fourth-order valence-corrected chi connectivity index (χ4v) is 4.83. The van der Waals surface area contributed by atoms with Crippen molar-refractivity contribution < 1.29 is 41.0 Å². The van der Waals surface area contributed by atoms with E-state index in [1.54, 1.807) is 0 Å². The third-order valence-corrected chi connectivity index (χ3v) is 6.67. The van der Waals surface area contributed by atoms with Crippen molar-refractivity contribution in [2.24, 2.45) is 5.73 Å². The van der Waals surface area contributed by atoms with Gasteiger partial charge in [0.25, 0.3) is 5.91 Å². The highest BCUT2D eigenvalue weighted by Crippen LogP contribution is 2.33. The molecule has 0 bridgehead atoms. The zero-order chi connectivity index (χ0) is 27.1. The summed E-state index contributed by atoms with van der Waals surface area (Å²) >= 11 is 0. The van der Waals surface area contributed by atoms with Crippen LogP contribution in [0.25, 0.3) is 0 Å². The minimum Gasteiger partial charge on any atom is -0.394 e. The van der Waals surface area contributed by atoms with E-state index < -0.39 is 59.0 Å². The third-order valence-electron chi connectivity index (χ3n) is 6.67. The first-order valence-electron chi connectivity index (χ1n) is 11.7. The topological polar surface area (TPSA) is 105 Å². The number of aromatic nitrogens is 2. The van der Waals surface area contributed by atoms with Crippen molar-refractivity contribution in [1.82, 2.24) is 19.4 Å². The number of amides is 2. The first kappa shape index (κ1) is 26.9. The van der Waals surface area contributed by atoms with E-state index >= 15 is 0 Å². The lowest BCUT2D eigenvalue weighted by Crippen LogP contribution is -2.43. The lowest BCUT2D eigenvalue weighted by atomic mass is 10.0. The van der Waals surface area contributed by atoms with Crippen molar-refractivity contribution in [3.8, 4) is 0 Å². The normalized spacial score (nSPS) is 18.8. The molecule has 0 aliphatic carbocycles. The number of imidazole rings is 1. The van der Waals surface area contributed by atoms with Gasteiger partial charge in [-0.1, -0.05) is 0 Å². The Morgan fingerprint density at radius 3 is 2.49 bits per heavy atom. The molecule has 2 aliphatic heterocycles. The number of fused-ring (bicyclic) bond motifs is 1. The molecule has 202 valence electrons. The Bertz CT molecular complexity index is 1200. The molecule has 1 aromatic carbocycles. The maximum atomic E-state index is 13.9. The average molecular weight is 533 g/mol. The molecular weight excluding hydrogens is 508 g/mol. The van der Waals surface area contributed by atoms with Gasteiger partial charge in [0.05, 0.1) is 24.9 Å². The number of likely N-dealkylation sites (tertiary alicyclic amines) is 1. The van der Waals surface area contributed by atoms with Crippen LogP contribution in [0.3, 0.4) is 0 Å². The van der Waals surface area contributed by atoms with Gasteiger partial charge in [0.2, 0.25) is 11.7 Å². The highest BCUT2D eigenvalue weighted by atomic mass is 19.4. The number of hydrogen-bond donors (Lipinski definition) is 2. The van der Waals surface area contributed by atoms with Gasteiger partial charge in [-0.15, -0.1) is 0 Å². The van der Waals surface area contributed by atoms with Gasteiger partial charge < -0.3 is 25.2 Å². The number of hydrogen-bond acceptors (Lipinski definition) is 5. The number of carbonyl (C=O) groups excluding carboxylic acids is 2. The lowest BCUT2D eigenvalue weighted by Gasteiger charge is -2.31. The number of nitrogens with zero attached hydrogens (tertiary/aromatic N) is 4. The minimum absolute atomic E-state index is 0.0827. The zero-order valence-corrected chi connectivity index (χ0v) is 19.6. The van der Waals surface area contributed by atoms with E-state index in [9.17, 15) is 41.0 Å². The number of benzene rings is 1. The zero-order valence-electron chi connectivity index (χ0n) is 19.6. The number of rotatable bonds is 6. The number of alkyl halides is 3. The van der Waals surface area contributed by atoms with Crippen LogP contribution in [0.5, 0.6) is 0 Å². The summed E-state index contributed by atoms with van der Waals surface area (Å²) < 4.78 is 82.4. The fourth-order valence-electron chi connectivity index (χ4n) is 4.83. The van der Waals surface area contributed by atoms with Crippen LogP contribution >= 0.6 is 0 Å². The van der Waals surface area contributed by atoms with E-state index in [-0.39, 0.29) is 56.9 Å². The van der Waals surface area contributed by atoms with Crippen LogP contribution in [0.4, 0.5) is 26.3 Å². The van der Waals surface area contributed by atoms with Gasteiger partial charge in [0.1, 0.15) is 5.82 Å². The smallest absolute Gasteiger partial charge is 0.394 e. The molecule has 14 heteroatoms. The highest BCUT2D eigenvalue weighted by Gasteiger charge is 2.43. The number of aliphatic hydroxyl groups is 1. The summed E-state index contributed by atoms with van der Waals surface area (Å²) in [4.78, 5) is 32.1. The Balaban J connectivity index is 1.53. The molecule has 1 unspecified atom stereocenters. The second-order valence-corrected chi connectivity index (χ2v) is 9.20. The Hall–Kier alpha value is -3.13. The average Bonchev–Trinajstić information content (AvgIpc) is 3.46. The van der Waals surface area contributed by atoms with E-state index in [2.05, 4.69) is 4.98 Å². The molecule has 0 spiro atoms. The molecule has 2 aliphatic rings.